The van der Waals surface area contributed by atoms with Crippen LogP contribution in [-0.4, -0.2) is 66.5 Å². The number of hydrogen-bond donors (Lipinski definition) is 2. The lowest BCUT2D eigenvalue weighted by Crippen LogP contribution is -2.44. The van der Waals surface area contributed by atoms with Gasteiger partial charge in [-0.05, 0) is 27.1 Å². The predicted octanol–water partition coefficient (Wildman–Crippen LogP) is 1.10. The van der Waals surface area contributed by atoms with Crippen LogP contribution in [0.15, 0.2) is 18.3 Å². The van der Waals surface area contributed by atoms with Gasteiger partial charge in [0.25, 0.3) is 0 Å². The molecule has 0 aliphatic carbocycles. The van der Waals surface area contributed by atoms with Crippen molar-refractivity contribution in [3.63, 3.8) is 0 Å². The highest BCUT2D eigenvalue weighted by Crippen LogP contribution is 2.34. The third-order valence-corrected chi connectivity index (χ3v) is 4.71. The number of nitrogens with zero attached hydrogens (tertiary/aromatic N) is 5. The minimum atomic E-state index is 0.278. The van der Waals surface area contributed by atoms with Crippen LogP contribution in [0.1, 0.15) is 18.1 Å². The Bertz CT molecular complexity index is 853. The van der Waals surface area contributed by atoms with Crippen LogP contribution < -0.4 is 15.3 Å². The normalized spacial score (nSPS) is 19.2. The first kappa shape index (κ1) is 17.8. The molecule has 1 saturated heterocycles. The molecule has 1 atom stereocenters. The van der Waals surface area contributed by atoms with E-state index in [9.17, 15) is 0 Å². The summed E-state index contributed by atoms with van der Waals surface area (Å²) in [5.41, 5.74) is 5.49. The molecular weight excluding hydrogens is 342 g/mol. The number of anilines is 3. The summed E-state index contributed by atoms with van der Waals surface area (Å²) < 4.78 is 5.59. The minimum Gasteiger partial charge on any atom is -0.377 e. The van der Waals surface area contributed by atoms with E-state index in [1.54, 1.807) is 6.20 Å². The van der Waals surface area contributed by atoms with Crippen molar-refractivity contribution in [1.29, 1.82) is 0 Å². The molecule has 0 aromatic carbocycles. The third kappa shape index (κ3) is 3.62. The molecule has 0 spiro atoms. The molecule has 4 rings (SSSR count). The fraction of sp³-hybridized carbons (Fsp3) is 0.474. The molecule has 2 N–H and O–H groups in total. The summed E-state index contributed by atoms with van der Waals surface area (Å²) >= 11 is 0. The summed E-state index contributed by atoms with van der Waals surface area (Å²) in [6.45, 7) is 5.81. The Morgan fingerprint density at radius 2 is 2.26 bits per heavy atom. The molecule has 2 aromatic rings. The van der Waals surface area contributed by atoms with Crippen LogP contribution in [0.2, 0.25) is 0 Å². The average molecular weight is 367 g/mol. The topological polar surface area (TPSA) is 72.5 Å². The summed E-state index contributed by atoms with van der Waals surface area (Å²) in [5, 5.41) is 9.08. The second kappa shape index (κ2) is 7.56. The Balaban J connectivity index is 1.76. The van der Waals surface area contributed by atoms with Crippen molar-refractivity contribution in [2.24, 2.45) is 0 Å². The Morgan fingerprint density at radius 3 is 3.00 bits per heavy atom. The highest BCUT2D eigenvalue weighted by atomic mass is 16.5. The molecule has 27 heavy (non-hydrogen) atoms. The van der Waals surface area contributed by atoms with Gasteiger partial charge in [0.1, 0.15) is 5.82 Å². The molecule has 1 fully saturated rings. The van der Waals surface area contributed by atoms with Gasteiger partial charge in [-0.25, -0.2) is 15.4 Å². The van der Waals surface area contributed by atoms with Crippen LogP contribution in [-0.2, 0) is 11.3 Å². The molecule has 4 heterocycles. The molecule has 0 bridgehead atoms. The number of aromatic nitrogens is 3. The molecular formula is C19H25N7O. The van der Waals surface area contributed by atoms with Crippen LogP contribution in [0.5, 0.6) is 0 Å². The van der Waals surface area contributed by atoms with E-state index in [1.807, 2.05) is 25.2 Å². The maximum atomic E-state index is 5.59. The fourth-order valence-corrected chi connectivity index (χ4v) is 3.32. The summed E-state index contributed by atoms with van der Waals surface area (Å²) in [4.78, 5) is 9.33. The second-order valence-corrected chi connectivity index (χ2v) is 7.09. The number of fused-ring (bicyclic) bond motifs is 1. The first-order chi connectivity index (χ1) is 13.1. The van der Waals surface area contributed by atoms with Gasteiger partial charge in [0, 0.05) is 36.5 Å². The van der Waals surface area contributed by atoms with Crippen LogP contribution in [0.4, 0.5) is 17.5 Å². The first-order valence-corrected chi connectivity index (χ1v) is 9.19. The van der Waals surface area contributed by atoms with E-state index in [0.717, 1.165) is 41.7 Å². The number of aromatic amines is 1. The zero-order valence-electron chi connectivity index (χ0n) is 16.0. The molecule has 2 aliphatic rings. The van der Waals surface area contributed by atoms with Gasteiger partial charge in [-0.15, -0.1) is 0 Å². The van der Waals surface area contributed by atoms with Gasteiger partial charge in [0.15, 0.2) is 11.6 Å². The zero-order valence-corrected chi connectivity index (χ0v) is 16.0. The number of H-pyrrole nitrogens is 1. The van der Waals surface area contributed by atoms with Gasteiger partial charge in [-0.1, -0.05) is 11.8 Å². The average Bonchev–Trinajstić information content (AvgIpc) is 3.31. The molecule has 0 radical (unpaired) electrons. The Hall–Kier alpha value is -2.60. The van der Waals surface area contributed by atoms with Gasteiger partial charge in [0.05, 0.1) is 25.8 Å². The number of morpholine rings is 1. The molecule has 0 saturated carbocycles. The van der Waals surface area contributed by atoms with Crippen molar-refractivity contribution < 1.29 is 4.74 Å². The minimum absolute atomic E-state index is 0.278. The maximum Gasteiger partial charge on any atom is 0.170 e. The second-order valence-electron chi connectivity index (χ2n) is 7.09. The van der Waals surface area contributed by atoms with Gasteiger partial charge >= 0.3 is 0 Å². The van der Waals surface area contributed by atoms with Gasteiger partial charge in [0.2, 0.25) is 0 Å². The Labute approximate surface area is 159 Å². The number of nitrogens with one attached hydrogen (secondary N) is 2. The number of pyridine rings is 1. The monoisotopic (exact) mass is 367 g/mol. The SMILES string of the molecule is C[C@@H]1COCCN1c1cc(C#CCN(C)C)c2c(n1)N(c1cc[nH]n1)NC2. The predicted molar refractivity (Wildman–Crippen MR) is 105 cm³/mol. The van der Waals surface area contributed by atoms with E-state index in [-0.39, 0.29) is 6.04 Å². The molecule has 0 unspecified atom stereocenters. The van der Waals surface area contributed by atoms with Crippen LogP contribution in [0.3, 0.4) is 0 Å². The number of hydrazine groups is 1. The van der Waals surface area contributed by atoms with Crippen molar-refractivity contribution in [3.05, 3.63) is 29.5 Å². The summed E-state index contributed by atoms with van der Waals surface area (Å²) in [6.07, 6.45) is 1.81. The van der Waals surface area contributed by atoms with Crippen molar-refractivity contribution >= 4 is 17.5 Å². The molecule has 8 heteroatoms. The molecule has 8 nitrogen and oxygen atoms in total. The van der Waals surface area contributed by atoms with Crippen molar-refractivity contribution in [2.75, 3.05) is 50.3 Å². The van der Waals surface area contributed by atoms with E-state index >= 15 is 0 Å². The highest BCUT2D eigenvalue weighted by Gasteiger charge is 2.29. The highest BCUT2D eigenvalue weighted by molar-refractivity contribution is 5.69. The van der Waals surface area contributed by atoms with E-state index in [1.165, 1.54) is 0 Å². The van der Waals surface area contributed by atoms with Crippen LogP contribution in [0.25, 0.3) is 0 Å². The van der Waals surface area contributed by atoms with E-state index in [0.29, 0.717) is 19.8 Å². The molecule has 0 amide bonds. The fourth-order valence-electron chi connectivity index (χ4n) is 3.32. The Kier molecular flexibility index (Phi) is 4.99. The van der Waals surface area contributed by atoms with E-state index < -0.39 is 0 Å². The van der Waals surface area contributed by atoms with Crippen LogP contribution in [0, 0.1) is 11.8 Å². The van der Waals surface area contributed by atoms with Gasteiger partial charge < -0.3 is 9.64 Å². The summed E-state index contributed by atoms with van der Waals surface area (Å²) in [7, 11) is 4.04. The molecule has 142 valence electrons. The number of hydrogen-bond acceptors (Lipinski definition) is 7. The Morgan fingerprint density at radius 1 is 1.37 bits per heavy atom. The smallest absolute Gasteiger partial charge is 0.170 e. The van der Waals surface area contributed by atoms with Crippen molar-refractivity contribution in [1.82, 2.24) is 25.5 Å². The lowest BCUT2D eigenvalue weighted by molar-refractivity contribution is 0.0985. The quantitative estimate of drug-likeness (QED) is 0.787. The largest absolute Gasteiger partial charge is 0.377 e. The maximum absolute atomic E-state index is 5.59. The lowest BCUT2D eigenvalue weighted by Gasteiger charge is -2.34. The molecule has 2 aliphatic heterocycles. The molecule has 2 aromatic heterocycles. The summed E-state index contributed by atoms with van der Waals surface area (Å²) in [5.74, 6) is 9.20. The van der Waals surface area contributed by atoms with E-state index in [2.05, 4.69) is 50.3 Å². The number of ether oxygens (including phenoxy) is 1. The van der Waals surface area contributed by atoms with Gasteiger partial charge in [-0.3, -0.25) is 10.00 Å². The summed E-state index contributed by atoms with van der Waals surface area (Å²) in [6, 6.07) is 4.31. The third-order valence-electron chi connectivity index (χ3n) is 4.71. The van der Waals surface area contributed by atoms with E-state index in [4.69, 9.17) is 9.72 Å². The van der Waals surface area contributed by atoms with Crippen molar-refractivity contribution in [3.8, 4) is 11.8 Å². The zero-order chi connectivity index (χ0) is 18.8. The lowest BCUT2D eigenvalue weighted by atomic mass is 10.1. The first-order valence-electron chi connectivity index (χ1n) is 9.19. The number of rotatable bonds is 3. The van der Waals surface area contributed by atoms with Crippen molar-refractivity contribution in [2.45, 2.75) is 19.5 Å². The standard InChI is InChI=1S/C19H25N7O/c1-14-13-27-10-9-25(14)18-11-15(5-4-8-24(2)3)16-12-21-26(19(16)22-18)17-6-7-20-23-17/h6-7,11,14,21H,8-10,12-13H2,1-3H3,(H,20,23)/t14-/m1/s1. The van der Waals surface area contributed by atoms with Gasteiger partial charge in [-0.2, -0.15) is 5.10 Å². The van der Waals surface area contributed by atoms with Crippen LogP contribution >= 0.6 is 0 Å².